The number of benzene rings is 1. The van der Waals surface area contributed by atoms with E-state index >= 15 is 0 Å². The molecule has 1 aromatic carbocycles. The summed E-state index contributed by atoms with van der Waals surface area (Å²) in [7, 11) is 0. The molecule has 2 rings (SSSR count). The predicted molar refractivity (Wildman–Crippen MR) is 72.4 cm³/mol. The van der Waals surface area contributed by atoms with Crippen molar-refractivity contribution in [1.82, 2.24) is 4.90 Å². The molecule has 1 aliphatic heterocycles. The molecule has 20 heavy (non-hydrogen) atoms. The number of hydrogen-bond donors (Lipinski definition) is 0. The summed E-state index contributed by atoms with van der Waals surface area (Å²) in [5, 5.41) is 0. The van der Waals surface area contributed by atoms with E-state index in [1.165, 1.54) is 4.90 Å². The number of nitrogens with zero attached hydrogens (tertiary/aromatic N) is 1. The summed E-state index contributed by atoms with van der Waals surface area (Å²) in [5.41, 5.74) is -1.17. The van der Waals surface area contributed by atoms with Gasteiger partial charge in [-0.1, -0.05) is 24.3 Å². The topological polar surface area (TPSA) is 46.6 Å². The van der Waals surface area contributed by atoms with Gasteiger partial charge in [-0.25, -0.2) is 9.18 Å². The Hall–Kier alpha value is -1.91. The van der Waals surface area contributed by atoms with Gasteiger partial charge in [-0.2, -0.15) is 0 Å². The summed E-state index contributed by atoms with van der Waals surface area (Å²) >= 11 is 0. The van der Waals surface area contributed by atoms with Crippen LogP contribution >= 0.6 is 0 Å². The van der Waals surface area contributed by atoms with Crippen molar-refractivity contribution in [3.63, 3.8) is 0 Å². The first-order valence-corrected chi connectivity index (χ1v) is 6.46. The van der Waals surface area contributed by atoms with E-state index in [1.54, 1.807) is 45.0 Å². The number of aldehydes is 1. The highest BCUT2D eigenvalue weighted by molar-refractivity contribution is 5.75. The van der Waals surface area contributed by atoms with Crippen molar-refractivity contribution >= 4 is 12.4 Å². The summed E-state index contributed by atoms with van der Waals surface area (Å²) in [6.45, 7) is 5.26. The second-order valence-corrected chi connectivity index (χ2v) is 6.04. The standard InChI is InChI=1S/C15H18FNO3/c1-14(2,3)20-13(19)17-9-15(16,10-17)12-6-4-11(8-18)5-7-12/h4-8H,9-10H2,1-3H3. The van der Waals surface area contributed by atoms with Crippen molar-refractivity contribution in [2.24, 2.45) is 0 Å². The maximum absolute atomic E-state index is 14.6. The molecule has 0 N–H and O–H groups in total. The van der Waals surface area contributed by atoms with E-state index in [-0.39, 0.29) is 13.1 Å². The van der Waals surface area contributed by atoms with Crippen molar-refractivity contribution in [3.8, 4) is 0 Å². The van der Waals surface area contributed by atoms with Crippen molar-refractivity contribution < 1.29 is 18.7 Å². The number of ether oxygens (including phenoxy) is 1. The van der Waals surface area contributed by atoms with Gasteiger partial charge in [-0.05, 0) is 26.3 Å². The van der Waals surface area contributed by atoms with Gasteiger partial charge in [0, 0.05) is 5.56 Å². The van der Waals surface area contributed by atoms with Gasteiger partial charge in [0.05, 0.1) is 13.1 Å². The van der Waals surface area contributed by atoms with E-state index in [0.717, 1.165) is 0 Å². The van der Waals surface area contributed by atoms with E-state index in [9.17, 15) is 14.0 Å². The van der Waals surface area contributed by atoms with Crippen molar-refractivity contribution in [1.29, 1.82) is 0 Å². The number of alkyl halides is 1. The van der Waals surface area contributed by atoms with Crippen LogP contribution in [-0.2, 0) is 10.4 Å². The summed E-state index contributed by atoms with van der Waals surface area (Å²) in [4.78, 5) is 23.6. The lowest BCUT2D eigenvalue weighted by molar-refractivity contribution is -0.0537. The predicted octanol–water partition coefficient (Wildman–Crippen LogP) is 2.91. The third-order valence-corrected chi connectivity index (χ3v) is 3.10. The molecular formula is C15H18FNO3. The first-order chi connectivity index (χ1) is 9.23. The summed E-state index contributed by atoms with van der Waals surface area (Å²) < 4.78 is 19.8. The molecule has 0 saturated carbocycles. The van der Waals surface area contributed by atoms with Gasteiger partial charge in [0.2, 0.25) is 0 Å². The lowest BCUT2D eigenvalue weighted by Crippen LogP contribution is -2.59. The van der Waals surface area contributed by atoms with E-state index in [1.807, 2.05) is 0 Å². The molecular weight excluding hydrogens is 261 g/mol. The van der Waals surface area contributed by atoms with E-state index in [0.29, 0.717) is 17.4 Å². The number of carbonyl (C=O) groups is 2. The summed E-state index contributed by atoms with van der Waals surface area (Å²) in [6.07, 6.45) is 0.206. The maximum Gasteiger partial charge on any atom is 0.410 e. The Morgan fingerprint density at radius 3 is 2.30 bits per heavy atom. The highest BCUT2D eigenvalue weighted by Crippen LogP contribution is 2.36. The second-order valence-electron chi connectivity index (χ2n) is 6.04. The molecule has 0 unspecified atom stereocenters. The molecule has 1 fully saturated rings. The zero-order chi connectivity index (χ0) is 15.0. The van der Waals surface area contributed by atoms with Crippen LogP contribution in [0.4, 0.5) is 9.18 Å². The Morgan fingerprint density at radius 2 is 1.85 bits per heavy atom. The quantitative estimate of drug-likeness (QED) is 0.782. The average molecular weight is 279 g/mol. The molecule has 0 atom stereocenters. The molecule has 5 heteroatoms. The van der Waals surface area contributed by atoms with Crippen molar-refractivity contribution in [2.75, 3.05) is 13.1 Å². The maximum atomic E-state index is 14.6. The van der Waals surface area contributed by atoms with Gasteiger partial charge in [0.15, 0.2) is 5.67 Å². The molecule has 0 aromatic heterocycles. The monoisotopic (exact) mass is 279 g/mol. The van der Waals surface area contributed by atoms with Gasteiger partial charge in [-0.3, -0.25) is 4.79 Å². The highest BCUT2D eigenvalue weighted by atomic mass is 19.1. The Labute approximate surface area is 117 Å². The smallest absolute Gasteiger partial charge is 0.410 e. The number of likely N-dealkylation sites (tertiary alicyclic amines) is 1. The highest BCUT2D eigenvalue weighted by Gasteiger charge is 2.48. The van der Waals surface area contributed by atoms with Gasteiger partial charge < -0.3 is 9.64 Å². The molecule has 4 nitrogen and oxygen atoms in total. The molecule has 0 aliphatic carbocycles. The molecule has 0 radical (unpaired) electrons. The Balaban J connectivity index is 1.99. The van der Waals surface area contributed by atoms with Crippen LogP contribution in [0, 0.1) is 0 Å². The fourth-order valence-corrected chi connectivity index (χ4v) is 2.06. The molecule has 1 amide bonds. The van der Waals surface area contributed by atoms with Gasteiger partial charge in [-0.15, -0.1) is 0 Å². The minimum Gasteiger partial charge on any atom is -0.444 e. The lowest BCUT2D eigenvalue weighted by atomic mass is 9.88. The second kappa shape index (κ2) is 4.89. The molecule has 1 aliphatic rings. The number of amides is 1. The number of carbonyl (C=O) groups excluding carboxylic acids is 2. The zero-order valence-electron chi connectivity index (χ0n) is 11.9. The fourth-order valence-electron chi connectivity index (χ4n) is 2.06. The van der Waals surface area contributed by atoms with Crippen molar-refractivity contribution in [2.45, 2.75) is 32.0 Å². The third-order valence-electron chi connectivity index (χ3n) is 3.10. The SMILES string of the molecule is CC(C)(C)OC(=O)N1CC(F)(c2ccc(C=O)cc2)C1. The summed E-state index contributed by atoms with van der Waals surface area (Å²) in [6, 6.07) is 6.30. The summed E-state index contributed by atoms with van der Waals surface area (Å²) in [5.74, 6) is 0. The minimum atomic E-state index is -1.56. The average Bonchev–Trinajstić information content (AvgIpc) is 2.33. The number of hydrogen-bond acceptors (Lipinski definition) is 3. The molecule has 108 valence electrons. The normalized spacial score (nSPS) is 17.3. The van der Waals surface area contributed by atoms with E-state index < -0.39 is 17.4 Å². The Kier molecular flexibility index (Phi) is 3.54. The fraction of sp³-hybridized carbons (Fsp3) is 0.467. The molecule has 1 heterocycles. The molecule has 0 spiro atoms. The van der Waals surface area contributed by atoms with Crippen LogP contribution < -0.4 is 0 Å². The first kappa shape index (κ1) is 14.5. The Morgan fingerprint density at radius 1 is 1.30 bits per heavy atom. The molecule has 1 aromatic rings. The minimum absolute atomic E-state index is 0.0254. The van der Waals surface area contributed by atoms with E-state index in [2.05, 4.69) is 0 Å². The third kappa shape index (κ3) is 2.98. The zero-order valence-corrected chi connectivity index (χ0v) is 11.9. The molecule has 1 saturated heterocycles. The number of rotatable bonds is 2. The molecule has 0 bridgehead atoms. The number of halogens is 1. The van der Waals surface area contributed by atoms with Crippen LogP contribution in [0.1, 0.15) is 36.7 Å². The Bertz CT molecular complexity index is 513. The van der Waals surface area contributed by atoms with Crippen LogP contribution in [0.3, 0.4) is 0 Å². The van der Waals surface area contributed by atoms with Crippen LogP contribution in [-0.4, -0.2) is 36.0 Å². The largest absolute Gasteiger partial charge is 0.444 e. The van der Waals surface area contributed by atoms with Crippen LogP contribution in [0.25, 0.3) is 0 Å². The lowest BCUT2D eigenvalue weighted by Gasteiger charge is -2.44. The van der Waals surface area contributed by atoms with Crippen molar-refractivity contribution in [3.05, 3.63) is 35.4 Å². The van der Waals surface area contributed by atoms with Gasteiger partial charge in [0.25, 0.3) is 0 Å². The van der Waals surface area contributed by atoms with Gasteiger partial charge >= 0.3 is 6.09 Å². The van der Waals surface area contributed by atoms with Crippen LogP contribution in [0.5, 0.6) is 0 Å². The van der Waals surface area contributed by atoms with E-state index in [4.69, 9.17) is 4.74 Å². The van der Waals surface area contributed by atoms with Crippen LogP contribution in [0.2, 0.25) is 0 Å². The first-order valence-electron chi connectivity index (χ1n) is 6.46. The van der Waals surface area contributed by atoms with Gasteiger partial charge in [0.1, 0.15) is 11.9 Å². The van der Waals surface area contributed by atoms with Crippen LogP contribution in [0.15, 0.2) is 24.3 Å².